The van der Waals surface area contributed by atoms with Gasteiger partial charge in [0.1, 0.15) is 0 Å². The van der Waals surface area contributed by atoms with Crippen molar-refractivity contribution in [3.05, 3.63) is 18.5 Å². The first-order valence-corrected chi connectivity index (χ1v) is 10.0. The van der Waals surface area contributed by atoms with Crippen molar-refractivity contribution in [1.82, 2.24) is 25.5 Å². The number of aliphatic imine (C=N–C) groups is 1. The molecule has 156 valence electrons. The summed E-state index contributed by atoms with van der Waals surface area (Å²) in [6.07, 6.45) is 9.19. The number of nitrogens with zero attached hydrogens (tertiary/aromatic N) is 5. The number of anilines is 1. The van der Waals surface area contributed by atoms with Gasteiger partial charge in [0, 0.05) is 65.1 Å². The first-order valence-electron chi connectivity index (χ1n) is 10.0. The van der Waals surface area contributed by atoms with E-state index in [1.54, 1.807) is 19.4 Å². The molecule has 0 bridgehead atoms. The van der Waals surface area contributed by atoms with Gasteiger partial charge < -0.3 is 20.4 Å². The van der Waals surface area contributed by atoms with Crippen molar-refractivity contribution in [1.29, 1.82) is 0 Å². The van der Waals surface area contributed by atoms with Gasteiger partial charge in [-0.25, -0.2) is 9.97 Å². The third-order valence-corrected chi connectivity index (χ3v) is 5.31. The van der Waals surface area contributed by atoms with Crippen molar-refractivity contribution in [2.24, 2.45) is 10.9 Å². The Hall–Kier alpha value is -1.65. The molecule has 1 amide bonds. The monoisotopic (exact) mass is 501 g/mol. The molecule has 2 aliphatic rings. The SMILES string of the molecule is CN=C(NCCNC(=O)CC1CCCC1)N1CCN(c2ncccn2)CC1.I. The average molecular weight is 501 g/mol. The van der Waals surface area contributed by atoms with Crippen molar-refractivity contribution >= 4 is 41.8 Å². The highest BCUT2D eigenvalue weighted by atomic mass is 127. The Morgan fingerprint density at radius 3 is 2.39 bits per heavy atom. The van der Waals surface area contributed by atoms with E-state index in [0.29, 0.717) is 25.4 Å². The lowest BCUT2D eigenvalue weighted by atomic mass is 10.0. The second-order valence-corrected chi connectivity index (χ2v) is 7.20. The molecular formula is C19H32IN7O. The number of rotatable bonds is 6. The number of hydrogen-bond acceptors (Lipinski definition) is 5. The Kier molecular flexibility index (Phi) is 9.72. The fourth-order valence-electron chi connectivity index (χ4n) is 3.83. The number of carbonyl (C=O) groups excluding carboxylic acids is 1. The van der Waals surface area contributed by atoms with Crippen LogP contribution in [0.3, 0.4) is 0 Å². The number of halogens is 1. The van der Waals surface area contributed by atoms with Crippen LogP contribution >= 0.6 is 24.0 Å². The van der Waals surface area contributed by atoms with E-state index in [1.807, 2.05) is 6.07 Å². The molecule has 1 aliphatic heterocycles. The molecule has 2 N–H and O–H groups in total. The molecule has 2 fully saturated rings. The average Bonchev–Trinajstić information content (AvgIpc) is 3.22. The molecule has 1 aromatic rings. The standard InChI is InChI=1S/C19H31N7O.HI/c1-20-18(24-10-9-21-17(27)15-16-5-2-3-6-16)25-11-13-26(14-12-25)19-22-7-4-8-23-19;/h4,7-8,16H,2-3,5-6,9-15H2,1H3,(H,20,24)(H,21,27);1H. The van der Waals surface area contributed by atoms with Crippen LogP contribution in [0, 0.1) is 5.92 Å². The van der Waals surface area contributed by atoms with E-state index in [0.717, 1.165) is 38.1 Å². The smallest absolute Gasteiger partial charge is 0.225 e. The number of aromatic nitrogens is 2. The number of hydrogen-bond donors (Lipinski definition) is 2. The Balaban J connectivity index is 0.00000280. The number of piperazine rings is 1. The molecule has 1 saturated carbocycles. The first kappa shape index (κ1) is 22.6. The zero-order valence-corrected chi connectivity index (χ0v) is 19.0. The van der Waals surface area contributed by atoms with Gasteiger partial charge in [-0.05, 0) is 24.8 Å². The normalized spacial score (nSPS) is 18.0. The molecule has 1 saturated heterocycles. The van der Waals surface area contributed by atoms with Crippen molar-refractivity contribution in [2.75, 3.05) is 51.2 Å². The summed E-state index contributed by atoms with van der Waals surface area (Å²) < 4.78 is 0. The maximum atomic E-state index is 12.0. The largest absolute Gasteiger partial charge is 0.354 e. The number of nitrogens with one attached hydrogen (secondary N) is 2. The summed E-state index contributed by atoms with van der Waals surface area (Å²) in [5, 5.41) is 6.37. The minimum absolute atomic E-state index is 0. The molecule has 0 unspecified atom stereocenters. The predicted molar refractivity (Wildman–Crippen MR) is 122 cm³/mol. The Labute approximate surface area is 184 Å². The highest BCUT2D eigenvalue weighted by Gasteiger charge is 2.21. The Morgan fingerprint density at radius 1 is 1.11 bits per heavy atom. The van der Waals surface area contributed by atoms with Gasteiger partial charge in [0.25, 0.3) is 0 Å². The van der Waals surface area contributed by atoms with Crippen molar-refractivity contribution in [3.8, 4) is 0 Å². The van der Waals surface area contributed by atoms with E-state index < -0.39 is 0 Å². The van der Waals surface area contributed by atoms with Crippen LogP contribution in [0.5, 0.6) is 0 Å². The summed E-state index contributed by atoms with van der Waals surface area (Å²) in [6.45, 7) is 4.77. The van der Waals surface area contributed by atoms with E-state index in [9.17, 15) is 4.79 Å². The van der Waals surface area contributed by atoms with Gasteiger partial charge in [-0.3, -0.25) is 9.79 Å². The van der Waals surface area contributed by atoms with E-state index >= 15 is 0 Å². The molecule has 8 nitrogen and oxygen atoms in total. The summed E-state index contributed by atoms with van der Waals surface area (Å²) in [5.41, 5.74) is 0. The lowest BCUT2D eigenvalue weighted by Crippen LogP contribution is -2.53. The van der Waals surface area contributed by atoms with Gasteiger partial charge in [0.05, 0.1) is 0 Å². The lowest BCUT2D eigenvalue weighted by Gasteiger charge is -2.36. The molecule has 3 rings (SSSR count). The predicted octanol–water partition coefficient (Wildman–Crippen LogP) is 1.49. The molecule has 28 heavy (non-hydrogen) atoms. The molecule has 0 atom stereocenters. The molecular weight excluding hydrogens is 469 g/mol. The highest BCUT2D eigenvalue weighted by Crippen LogP contribution is 2.27. The van der Waals surface area contributed by atoms with Crippen molar-refractivity contribution in [3.63, 3.8) is 0 Å². The zero-order chi connectivity index (χ0) is 18.9. The van der Waals surface area contributed by atoms with Gasteiger partial charge in [0.2, 0.25) is 11.9 Å². The Bertz CT molecular complexity index is 614. The van der Waals surface area contributed by atoms with Crippen LogP contribution in [0.4, 0.5) is 5.95 Å². The quantitative estimate of drug-likeness (QED) is 0.266. The topological polar surface area (TPSA) is 85.8 Å². The molecule has 9 heteroatoms. The number of carbonyl (C=O) groups is 1. The fraction of sp³-hybridized carbons (Fsp3) is 0.684. The van der Waals surface area contributed by atoms with Gasteiger partial charge in [-0.15, -0.1) is 24.0 Å². The van der Waals surface area contributed by atoms with E-state index in [-0.39, 0.29) is 29.9 Å². The van der Waals surface area contributed by atoms with E-state index in [1.165, 1.54) is 25.7 Å². The minimum atomic E-state index is 0. The van der Waals surface area contributed by atoms with Gasteiger partial charge in [-0.1, -0.05) is 12.8 Å². The van der Waals surface area contributed by atoms with Crippen LogP contribution < -0.4 is 15.5 Å². The third kappa shape index (κ3) is 6.75. The van der Waals surface area contributed by atoms with Crippen LogP contribution in [0.15, 0.2) is 23.5 Å². The first-order chi connectivity index (χ1) is 13.3. The van der Waals surface area contributed by atoms with Crippen molar-refractivity contribution < 1.29 is 4.79 Å². The Morgan fingerprint density at radius 2 is 1.75 bits per heavy atom. The van der Waals surface area contributed by atoms with Gasteiger partial charge in [0.15, 0.2) is 5.96 Å². The number of amides is 1. The second kappa shape index (κ2) is 12.0. The summed E-state index contributed by atoms with van der Waals surface area (Å²) in [5.74, 6) is 2.43. The molecule has 0 radical (unpaired) electrons. The fourth-order valence-corrected chi connectivity index (χ4v) is 3.83. The highest BCUT2D eigenvalue weighted by molar-refractivity contribution is 14.0. The maximum absolute atomic E-state index is 12.0. The van der Waals surface area contributed by atoms with E-state index in [2.05, 4.69) is 35.4 Å². The third-order valence-electron chi connectivity index (χ3n) is 5.31. The second-order valence-electron chi connectivity index (χ2n) is 7.20. The maximum Gasteiger partial charge on any atom is 0.225 e. The van der Waals surface area contributed by atoms with Crippen molar-refractivity contribution in [2.45, 2.75) is 32.1 Å². The number of guanidine groups is 1. The minimum Gasteiger partial charge on any atom is -0.354 e. The molecule has 0 spiro atoms. The van der Waals surface area contributed by atoms with Crippen LogP contribution in [-0.4, -0.2) is 73.1 Å². The zero-order valence-electron chi connectivity index (χ0n) is 16.6. The molecule has 2 heterocycles. The van der Waals surface area contributed by atoms with Crippen LogP contribution in [-0.2, 0) is 4.79 Å². The summed E-state index contributed by atoms with van der Waals surface area (Å²) in [6, 6.07) is 1.83. The molecule has 0 aromatic carbocycles. The molecule has 1 aliphatic carbocycles. The van der Waals surface area contributed by atoms with Crippen LogP contribution in [0.2, 0.25) is 0 Å². The van der Waals surface area contributed by atoms with E-state index in [4.69, 9.17) is 0 Å². The van der Waals surface area contributed by atoms with Gasteiger partial charge >= 0.3 is 0 Å². The lowest BCUT2D eigenvalue weighted by molar-refractivity contribution is -0.121. The summed E-state index contributed by atoms with van der Waals surface area (Å²) >= 11 is 0. The summed E-state index contributed by atoms with van der Waals surface area (Å²) in [4.78, 5) is 29.4. The van der Waals surface area contributed by atoms with Gasteiger partial charge in [-0.2, -0.15) is 0 Å². The summed E-state index contributed by atoms with van der Waals surface area (Å²) in [7, 11) is 1.80. The van der Waals surface area contributed by atoms with Crippen LogP contribution in [0.1, 0.15) is 32.1 Å². The van der Waals surface area contributed by atoms with Crippen LogP contribution in [0.25, 0.3) is 0 Å². The molecule has 1 aromatic heterocycles.